The quantitative estimate of drug-likeness (QED) is 0.471. The molecule has 0 aliphatic heterocycles. The minimum absolute atomic E-state index is 0.168. The fourth-order valence-corrected chi connectivity index (χ4v) is 2.30. The molecule has 0 radical (unpaired) electrons. The number of thioether (sulfide) groups is 1. The summed E-state index contributed by atoms with van der Waals surface area (Å²) in [6.07, 6.45) is -3.23. The van der Waals surface area contributed by atoms with Crippen molar-refractivity contribution in [3.63, 3.8) is 0 Å². The highest BCUT2D eigenvalue weighted by Gasteiger charge is 2.36. The summed E-state index contributed by atoms with van der Waals surface area (Å²) in [4.78, 5) is 10.7. The van der Waals surface area contributed by atoms with Gasteiger partial charge in [-0.3, -0.25) is 0 Å². The van der Waals surface area contributed by atoms with Crippen LogP contribution in [0.15, 0.2) is 17.0 Å². The van der Waals surface area contributed by atoms with E-state index in [9.17, 15) is 26.7 Å². The third kappa shape index (κ3) is 4.32. The van der Waals surface area contributed by atoms with Crippen LogP contribution in [-0.4, -0.2) is 18.1 Å². The van der Waals surface area contributed by atoms with E-state index in [1.807, 2.05) is 0 Å². The second-order valence-electron chi connectivity index (χ2n) is 3.59. The number of alkyl halides is 5. The van der Waals surface area contributed by atoms with Gasteiger partial charge in [-0.05, 0) is 24.8 Å². The van der Waals surface area contributed by atoms with Gasteiger partial charge in [-0.15, -0.1) is 0 Å². The van der Waals surface area contributed by atoms with Crippen LogP contribution in [0.3, 0.4) is 0 Å². The molecule has 0 saturated carbocycles. The van der Waals surface area contributed by atoms with Crippen molar-refractivity contribution in [3.8, 4) is 6.07 Å². The van der Waals surface area contributed by atoms with Gasteiger partial charge in [-0.2, -0.15) is 18.4 Å². The molecule has 0 unspecified atom stereocenters. The van der Waals surface area contributed by atoms with Gasteiger partial charge in [0, 0.05) is 10.5 Å². The zero-order chi connectivity index (χ0) is 16.2. The summed E-state index contributed by atoms with van der Waals surface area (Å²) in [6.45, 7) is 1.23. The van der Waals surface area contributed by atoms with Crippen molar-refractivity contribution in [2.45, 2.75) is 23.8 Å². The van der Waals surface area contributed by atoms with Crippen LogP contribution in [-0.2, 0) is 4.74 Å². The molecule has 0 fully saturated rings. The number of ether oxygens (including phenoxy) is 1. The predicted molar refractivity (Wildman–Crippen MR) is 64.0 cm³/mol. The second-order valence-corrected chi connectivity index (χ2v) is 4.66. The third-order valence-corrected chi connectivity index (χ3v) is 3.12. The normalized spacial score (nSPS) is 11.3. The molecule has 0 bridgehead atoms. The van der Waals surface area contributed by atoms with Gasteiger partial charge >= 0.3 is 11.5 Å². The minimum Gasteiger partial charge on any atom is -0.462 e. The van der Waals surface area contributed by atoms with Crippen LogP contribution in [0, 0.1) is 11.3 Å². The molecule has 21 heavy (non-hydrogen) atoms. The molecule has 3 nitrogen and oxygen atoms in total. The molecule has 0 aliphatic carbocycles. The molecule has 1 aromatic rings. The van der Waals surface area contributed by atoms with E-state index in [-0.39, 0.29) is 6.61 Å². The second kappa shape index (κ2) is 6.76. The first-order valence-corrected chi connectivity index (χ1v) is 6.31. The summed E-state index contributed by atoms with van der Waals surface area (Å²) in [5, 5.41) is 8.85. The minimum atomic E-state index is -4.89. The van der Waals surface area contributed by atoms with Crippen LogP contribution in [0.5, 0.6) is 0 Å². The molecule has 1 aromatic carbocycles. The predicted octanol–water partition coefficient (Wildman–Crippen LogP) is 4.28. The molecule has 114 valence electrons. The molecule has 0 amide bonds. The summed E-state index contributed by atoms with van der Waals surface area (Å²) < 4.78 is 67.8. The molecule has 0 N–H and O–H groups in total. The van der Waals surface area contributed by atoms with Crippen molar-refractivity contribution in [1.29, 1.82) is 5.26 Å². The fourth-order valence-electron chi connectivity index (χ4n) is 1.50. The Hall–Kier alpha value is -1.82. The van der Waals surface area contributed by atoms with Gasteiger partial charge in [0.15, 0.2) is 0 Å². The number of benzene rings is 1. The van der Waals surface area contributed by atoms with Crippen molar-refractivity contribution >= 4 is 17.7 Å². The number of carbonyl (C=O) groups excluding carboxylic acids is 1. The summed E-state index contributed by atoms with van der Waals surface area (Å²) >= 11 is -0.866. The lowest BCUT2D eigenvalue weighted by Gasteiger charge is -2.15. The summed E-state index contributed by atoms with van der Waals surface area (Å²) in [6, 6.07) is 3.06. The van der Waals surface area contributed by atoms with E-state index in [4.69, 9.17) is 5.26 Å². The molecule has 0 spiro atoms. The number of carbonyl (C=O) groups is 1. The molecule has 0 atom stereocenters. The SMILES string of the molecule is CCOC(=O)c1c(C#N)ccc(C(F)F)c1SC(F)(F)F. The van der Waals surface area contributed by atoms with Gasteiger partial charge in [0.05, 0.1) is 17.7 Å². The van der Waals surface area contributed by atoms with E-state index in [0.29, 0.717) is 6.07 Å². The molecule has 0 aromatic heterocycles. The number of hydrogen-bond acceptors (Lipinski definition) is 4. The number of nitrogens with zero attached hydrogens (tertiary/aromatic N) is 1. The van der Waals surface area contributed by atoms with Crippen LogP contribution < -0.4 is 0 Å². The Bertz CT molecular complexity index is 580. The Kier molecular flexibility index (Phi) is 5.54. The molecule has 0 heterocycles. The average Bonchev–Trinajstić information content (AvgIpc) is 2.35. The van der Waals surface area contributed by atoms with Gasteiger partial charge in [0.2, 0.25) is 0 Å². The molecular weight excluding hydrogens is 317 g/mol. The van der Waals surface area contributed by atoms with E-state index in [1.165, 1.54) is 13.0 Å². The molecular formula is C12H8F5NO2S. The van der Waals surface area contributed by atoms with E-state index in [2.05, 4.69) is 4.74 Å². The van der Waals surface area contributed by atoms with Crippen molar-refractivity contribution in [1.82, 2.24) is 0 Å². The number of rotatable bonds is 4. The summed E-state index contributed by atoms with van der Waals surface area (Å²) in [7, 11) is 0. The van der Waals surface area contributed by atoms with Gasteiger partial charge in [-0.1, -0.05) is 6.07 Å². The highest BCUT2D eigenvalue weighted by atomic mass is 32.2. The lowest BCUT2D eigenvalue weighted by Crippen LogP contribution is -2.13. The Morgan fingerprint density at radius 1 is 1.43 bits per heavy atom. The van der Waals surface area contributed by atoms with Crippen molar-refractivity contribution < 1.29 is 31.5 Å². The Labute approximate surface area is 120 Å². The lowest BCUT2D eigenvalue weighted by molar-refractivity contribution is -0.0329. The maximum atomic E-state index is 12.9. The Morgan fingerprint density at radius 2 is 2.05 bits per heavy atom. The maximum absolute atomic E-state index is 12.9. The zero-order valence-corrected chi connectivity index (χ0v) is 11.3. The zero-order valence-electron chi connectivity index (χ0n) is 10.5. The van der Waals surface area contributed by atoms with E-state index >= 15 is 0 Å². The fraction of sp³-hybridized carbons (Fsp3) is 0.333. The van der Waals surface area contributed by atoms with Crippen molar-refractivity contribution in [2.24, 2.45) is 0 Å². The average molecular weight is 325 g/mol. The first-order valence-electron chi connectivity index (χ1n) is 5.49. The smallest absolute Gasteiger partial charge is 0.446 e. The van der Waals surface area contributed by atoms with E-state index in [0.717, 1.165) is 6.07 Å². The van der Waals surface area contributed by atoms with Crippen LogP contribution in [0.1, 0.15) is 34.8 Å². The maximum Gasteiger partial charge on any atom is 0.446 e. The lowest BCUT2D eigenvalue weighted by atomic mass is 10.0. The third-order valence-electron chi connectivity index (χ3n) is 2.24. The van der Waals surface area contributed by atoms with Gasteiger partial charge in [0.25, 0.3) is 6.43 Å². The molecule has 0 aliphatic rings. The first-order chi connectivity index (χ1) is 9.71. The van der Waals surface area contributed by atoms with Crippen LogP contribution in [0.4, 0.5) is 22.0 Å². The van der Waals surface area contributed by atoms with Crippen molar-refractivity contribution in [2.75, 3.05) is 6.61 Å². The van der Waals surface area contributed by atoms with Gasteiger partial charge in [0.1, 0.15) is 6.07 Å². The number of halogens is 5. The first kappa shape index (κ1) is 17.2. The summed E-state index contributed by atoms with van der Waals surface area (Å²) in [5.74, 6) is -1.25. The molecule has 1 rings (SSSR count). The molecule has 9 heteroatoms. The number of nitriles is 1. The highest BCUT2D eigenvalue weighted by molar-refractivity contribution is 8.00. The van der Waals surface area contributed by atoms with E-state index in [1.54, 1.807) is 0 Å². The summed E-state index contributed by atoms with van der Waals surface area (Å²) in [5.41, 5.74) is -7.11. The topological polar surface area (TPSA) is 50.1 Å². The standard InChI is InChI=1S/C12H8F5NO2S/c1-2-20-11(19)8-6(5-18)3-4-7(10(13)14)9(8)21-12(15,16)17/h3-4,10H,2H2,1H3. The van der Waals surface area contributed by atoms with Crippen LogP contribution in [0.25, 0.3) is 0 Å². The largest absolute Gasteiger partial charge is 0.462 e. The monoisotopic (exact) mass is 325 g/mol. The van der Waals surface area contributed by atoms with Crippen molar-refractivity contribution in [3.05, 3.63) is 28.8 Å². The Balaban J connectivity index is 3.58. The van der Waals surface area contributed by atoms with E-state index < -0.39 is 51.3 Å². The van der Waals surface area contributed by atoms with Crippen LogP contribution >= 0.6 is 11.8 Å². The van der Waals surface area contributed by atoms with Gasteiger partial charge in [-0.25, -0.2) is 13.6 Å². The Morgan fingerprint density at radius 3 is 2.48 bits per heavy atom. The van der Waals surface area contributed by atoms with Crippen LogP contribution in [0.2, 0.25) is 0 Å². The number of hydrogen-bond donors (Lipinski definition) is 0. The van der Waals surface area contributed by atoms with Gasteiger partial charge < -0.3 is 4.74 Å². The number of esters is 1. The highest BCUT2D eigenvalue weighted by Crippen LogP contribution is 2.44. The molecule has 0 saturated heterocycles.